The van der Waals surface area contributed by atoms with E-state index in [1.807, 2.05) is 104 Å². The van der Waals surface area contributed by atoms with Gasteiger partial charge < -0.3 is 14.5 Å². The number of likely N-dealkylation sites (tertiary alicyclic amines) is 1. The number of nitrogens with zero attached hydrogens (tertiary/aromatic N) is 2. The molecular weight excluding hydrogens is 436 g/mol. The molecule has 3 aromatic carbocycles. The number of amides is 2. The van der Waals surface area contributed by atoms with E-state index in [2.05, 4.69) is 0 Å². The second-order valence-corrected chi connectivity index (χ2v) is 9.71. The Morgan fingerprint density at radius 1 is 0.943 bits per heavy atom. The highest BCUT2D eigenvalue weighted by Gasteiger charge is 2.40. The molecule has 4 rings (SSSR count). The summed E-state index contributed by atoms with van der Waals surface area (Å²) in [6, 6.07) is 27.4. The first kappa shape index (κ1) is 24.5. The number of piperidine rings is 1. The van der Waals surface area contributed by atoms with Crippen LogP contribution < -0.4 is 4.74 Å². The molecule has 5 heteroatoms. The van der Waals surface area contributed by atoms with E-state index in [0.717, 1.165) is 29.7 Å². The van der Waals surface area contributed by atoms with Crippen LogP contribution in [0.1, 0.15) is 40.7 Å². The van der Waals surface area contributed by atoms with Crippen LogP contribution in [0.3, 0.4) is 0 Å². The molecule has 1 fully saturated rings. The summed E-state index contributed by atoms with van der Waals surface area (Å²) in [5.74, 6) is 0.855. The van der Waals surface area contributed by atoms with Gasteiger partial charge >= 0.3 is 0 Å². The molecule has 35 heavy (non-hydrogen) atoms. The summed E-state index contributed by atoms with van der Waals surface area (Å²) in [7, 11) is 1.85. The Kier molecular flexibility index (Phi) is 7.86. The average Bonchev–Trinajstić information content (AvgIpc) is 2.89. The maximum Gasteiger partial charge on any atom is 0.253 e. The smallest absolute Gasteiger partial charge is 0.253 e. The molecule has 5 nitrogen and oxygen atoms in total. The van der Waals surface area contributed by atoms with Crippen molar-refractivity contribution in [1.82, 2.24) is 9.80 Å². The van der Waals surface area contributed by atoms with Crippen LogP contribution in [-0.4, -0.2) is 48.4 Å². The van der Waals surface area contributed by atoms with E-state index in [1.165, 1.54) is 0 Å². The Labute approximate surface area is 208 Å². The Balaban J connectivity index is 1.51. The van der Waals surface area contributed by atoms with Crippen molar-refractivity contribution in [2.45, 2.75) is 32.7 Å². The molecule has 0 saturated carbocycles. The van der Waals surface area contributed by atoms with E-state index in [0.29, 0.717) is 38.2 Å². The molecule has 0 bridgehead atoms. The molecule has 1 unspecified atom stereocenters. The van der Waals surface area contributed by atoms with Gasteiger partial charge in [0.15, 0.2) is 0 Å². The van der Waals surface area contributed by atoms with Gasteiger partial charge in [0.25, 0.3) is 5.91 Å². The molecule has 1 atom stereocenters. The molecular formula is C30H34N2O3. The number of hydrogen-bond donors (Lipinski definition) is 0. The second kappa shape index (κ2) is 11.2. The minimum absolute atomic E-state index is 0.0128. The van der Waals surface area contributed by atoms with Crippen LogP contribution in [0.15, 0.2) is 84.9 Å². The van der Waals surface area contributed by atoms with Crippen LogP contribution in [-0.2, 0) is 11.3 Å². The van der Waals surface area contributed by atoms with Crippen molar-refractivity contribution in [2.75, 3.05) is 26.7 Å². The van der Waals surface area contributed by atoms with Gasteiger partial charge in [0.2, 0.25) is 5.91 Å². The molecule has 3 aromatic rings. The van der Waals surface area contributed by atoms with E-state index in [9.17, 15) is 9.59 Å². The summed E-state index contributed by atoms with van der Waals surface area (Å²) in [5, 5.41) is 0. The standard InChI is InChI=1S/C30H34N2O3/c1-24-14-16-26(17-15-24)29(34)32-19-9-18-30(22-32,23-35-27-12-7-4-8-13-27)20-28(33)31(2)21-25-10-5-3-6-11-25/h3-8,10-17H,9,18-23H2,1-2H3. The average molecular weight is 471 g/mol. The maximum absolute atomic E-state index is 13.4. The first-order valence-electron chi connectivity index (χ1n) is 12.3. The van der Waals surface area contributed by atoms with Crippen LogP contribution in [0.5, 0.6) is 5.75 Å². The van der Waals surface area contributed by atoms with Gasteiger partial charge in [0.05, 0.1) is 6.61 Å². The number of aryl methyl sites for hydroxylation is 1. The predicted octanol–water partition coefficient (Wildman–Crippen LogP) is 5.35. The molecule has 0 radical (unpaired) electrons. The lowest BCUT2D eigenvalue weighted by Crippen LogP contribution is -2.50. The molecule has 0 aromatic heterocycles. The molecule has 0 aliphatic carbocycles. The number of hydrogen-bond acceptors (Lipinski definition) is 3. The Hall–Kier alpha value is -3.60. The van der Waals surface area contributed by atoms with Gasteiger partial charge in [-0.25, -0.2) is 0 Å². The van der Waals surface area contributed by atoms with Crippen LogP contribution in [0.2, 0.25) is 0 Å². The first-order chi connectivity index (χ1) is 16.9. The van der Waals surface area contributed by atoms with Crippen molar-refractivity contribution in [2.24, 2.45) is 5.41 Å². The Bertz CT molecular complexity index is 1120. The third-order valence-corrected chi connectivity index (χ3v) is 6.75. The quantitative estimate of drug-likeness (QED) is 0.446. The zero-order valence-electron chi connectivity index (χ0n) is 20.7. The molecule has 1 heterocycles. The summed E-state index contributed by atoms with van der Waals surface area (Å²) in [6.07, 6.45) is 2.01. The molecule has 182 valence electrons. The maximum atomic E-state index is 13.4. The fourth-order valence-electron chi connectivity index (χ4n) is 4.73. The lowest BCUT2D eigenvalue weighted by molar-refractivity contribution is -0.134. The lowest BCUT2D eigenvalue weighted by atomic mass is 9.77. The summed E-state index contributed by atoms with van der Waals surface area (Å²) < 4.78 is 6.19. The minimum Gasteiger partial charge on any atom is -0.493 e. The van der Waals surface area contributed by atoms with E-state index in [1.54, 1.807) is 4.90 Å². The molecule has 0 N–H and O–H groups in total. The van der Waals surface area contributed by atoms with E-state index < -0.39 is 5.41 Å². The third kappa shape index (κ3) is 6.50. The van der Waals surface area contributed by atoms with Crippen LogP contribution in [0, 0.1) is 12.3 Å². The van der Waals surface area contributed by atoms with Crippen LogP contribution in [0.4, 0.5) is 0 Å². The topological polar surface area (TPSA) is 49.9 Å². The van der Waals surface area contributed by atoms with E-state index in [-0.39, 0.29) is 11.8 Å². The van der Waals surface area contributed by atoms with Gasteiger partial charge in [-0.2, -0.15) is 0 Å². The molecule has 0 spiro atoms. The summed E-state index contributed by atoms with van der Waals surface area (Å²) in [5.41, 5.74) is 2.45. The van der Waals surface area contributed by atoms with Crippen LogP contribution in [0.25, 0.3) is 0 Å². The van der Waals surface area contributed by atoms with Crippen molar-refractivity contribution in [3.8, 4) is 5.75 Å². The van der Waals surface area contributed by atoms with Gasteiger partial charge in [-0.15, -0.1) is 0 Å². The second-order valence-electron chi connectivity index (χ2n) is 9.71. The van der Waals surface area contributed by atoms with Gasteiger partial charge in [0, 0.05) is 44.1 Å². The highest BCUT2D eigenvalue weighted by atomic mass is 16.5. The number of benzene rings is 3. The predicted molar refractivity (Wildman–Crippen MR) is 138 cm³/mol. The Morgan fingerprint density at radius 2 is 1.60 bits per heavy atom. The molecule has 1 aliphatic rings. The highest BCUT2D eigenvalue weighted by Crippen LogP contribution is 2.36. The number of carbonyl (C=O) groups excluding carboxylic acids is 2. The fraction of sp³-hybridized carbons (Fsp3) is 0.333. The minimum atomic E-state index is -0.448. The highest BCUT2D eigenvalue weighted by molar-refractivity contribution is 5.94. The van der Waals surface area contributed by atoms with E-state index >= 15 is 0 Å². The summed E-state index contributed by atoms with van der Waals surface area (Å²) in [4.78, 5) is 30.4. The van der Waals surface area contributed by atoms with Crippen molar-refractivity contribution in [3.63, 3.8) is 0 Å². The first-order valence-corrected chi connectivity index (χ1v) is 12.3. The van der Waals surface area contributed by atoms with Gasteiger partial charge in [-0.05, 0) is 49.6 Å². The zero-order chi connectivity index (χ0) is 24.7. The monoisotopic (exact) mass is 470 g/mol. The van der Waals surface area contributed by atoms with Crippen molar-refractivity contribution >= 4 is 11.8 Å². The number of carbonyl (C=O) groups is 2. The van der Waals surface area contributed by atoms with Crippen LogP contribution >= 0.6 is 0 Å². The van der Waals surface area contributed by atoms with Gasteiger partial charge in [0.1, 0.15) is 5.75 Å². The number of para-hydroxylation sites is 1. The van der Waals surface area contributed by atoms with E-state index in [4.69, 9.17) is 4.74 Å². The van der Waals surface area contributed by atoms with Crippen molar-refractivity contribution < 1.29 is 14.3 Å². The zero-order valence-corrected chi connectivity index (χ0v) is 20.7. The summed E-state index contributed by atoms with van der Waals surface area (Å²) >= 11 is 0. The summed E-state index contributed by atoms with van der Waals surface area (Å²) in [6.45, 7) is 4.14. The largest absolute Gasteiger partial charge is 0.493 e. The molecule has 2 amide bonds. The Morgan fingerprint density at radius 3 is 2.29 bits per heavy atom. The lowest BCUT2D eigenvalue weighted by Gasteiger charge is -2.43. The fourth-order valence-corrected chi connectivity index (χ4v) is 4.73. The SMILES string of the molecule is Cc1ccc(C(=O)N2CCCC(COc3ccccc3)(CC(=O)N(C)Cc3ccccc3)C2)cc1. The van der Waals surface area contributed by atoms with Gasteiger partial charge in [-0.1, -0.05) is 66.2 Å². The van der Waals surface area contributed by atoms with Crippen molar-refractivity contribution in [3.05, 3.63) is 102 Å². The van der Waals surface area contributed by atoms with Crippen molar-refractivity contribution in [1.29, 1.82) is 0 Å². The third-order valence-electron chi connectivity index (χ3n) is 6.75. The number of ether oxygens (including phenoxy) is 1. The molecule has 1 saturated heterocycles. The number of rotatable bonds is 8. The van der Waals surface area contributed by atoms with Gasteiger partial charge in [-0.3, -0.25) is 9.59 Å². The normalized spacial score (nSPS) is 17.6. The molecule has 1 aliphatic heterocycles.